The van der Waals surface area contributed by atoms with Crippen LogP contribution >= 0.6 is 0 Å². The summed E-state index contributed by atoms with van der Waals surface area (Å²) in [5, 5.41) is 0. The Labute approximate surface area is 132 Å². The number of ether oxygens (including phenoxy) is 2. The molecule has 0 fully saturated rings. The van der Waals surface area contributed by atoms with E-state index in [1.165, 1.54) is 0 Å². The van der Waals surface area contributed by atoms with Gasteiger partial charge in [-0.05, 0) is 25.0 Å². The average Bonchev–Trinajstić information content (AvgIpc) is 2.55. The van der Waals surface area contributed by atoms with E-state index in [4.69, 9.17) is 9.47 Å². The number of hydrogen-bond acceptors (Lipinski definition) is 2. The predicted molar refractivity (Wildman–Crippen MR) is 93.2 cm³/mol. The van der Waals surface area contributed by atoms with Crippen molar-refractivity contribution >= 4 is 11.5 Å². The average molecular weight is 294 g/mol. The maximum Gasteiger partial charge on any atom is 0.119 e. The Kier molecular flexibility index (Phi) is 5.42. The highest BCUT2D eigenvalue weighted by molar-refractivity contribution is 5.69. The molecule has 0 radical (unpaired) electrons. The van der Waals surface area contributed by atoms with E-state index in [1.807, 2.05) is 38.1 Å². The topological polar surface area (TPSA) is 18.5 Å². The van der Waals surface area contributed by atoms with Crippen molar-refractivity contribution in [2.75, 3.05) is 13.2 Å². The lowest BCUT2D eigenvalue weighted by atomic mass is 10.0. The molecule has 0 unspecified atom stereocenters. The second-order valence-electron chi connectivity index (χ2n) is 4.87. The summed E-state index contributed by atoms with van der Waals surface area (Å²) in [7, 11) is 0. The first-order valence-electron chi connectivity index (χ1n) is 7.50. The van der Waals surface area contributed by atoms with E-state index in [9.17, 15) is 0 Å². The summed E-state index contributed by atoms with van der Waals surface area (Å²) in [6, 6.07) is 16.4. The van der Waals surface area contributed by atoms with Crippen LogP contribution in [0.4, 0.5) is 0 Å². The Hall–Kier alpha value is -2.48. The number of hydrogen-bond donors (Lipinski definition) is 0. The summed E-state index contributed by atoms with van der Waals surface area (Å²) in [5.41, 5.74) is 4.32. The third-order valence-electron chi connectivity index (χ3n) is 3.38. The second kappa shape index (κ2) is 7.51. The first-order chi connectivity index (χ1) is 10.7. The molecule has 2 heteroatoms. The Morgan fingerprint density at radius 3 is 1.27 bits per heavy atom. The maximum atomic E-state index is 5.42. The van der Waals surface area contributed by atoms with Crippen LogP contribution < -0.4 is 0 Å². The van der Waals surface area contributed by atoms with Gasteiger partial charge in [0, 0.05) is 11.1 Å². The van der Waals surface area contributed by atoms with Gasteiger partial charge in [-0.2, -0.15) is 0 Å². The first kappa shape index (κ1) is 15.9. The molecule has 0 aliphatic heterocycles. The summed E-state index contributed by atoms with van der Waals surface area (Å²) in [6.07, 6.45) is 0. The fourth-order valence-corrected chi connectivity index (χ4v) is 2.21. The van der Waals surface area contributed by atoms with Crippen LogP contribution in [0.15, 0.2) is 61.7 Å². The van der Waals surface area contributed by atoms with Crippen molar-refractivity contribution in [2.45, 2.75) is 13.8 Å². The Bertz CT molecular complexity index is 577. The molecule has 2 aromatic rings. The van der Waals surface area contributed by atoms with Crippen LogP contribution in [0.5, 0.6) is 0 Å². The number of rotatable bonds is 7. The molecule has 0 aliphatic rings. The fourth-order valence-electron chi connectivity index (χ4n) is 2.21. The molecule has 0 aliphatic carbocycles. The van der Waals surface area contributed by atoms with Gasteiger partial charge >= 0.3 is 0 Å². The summed E-state index contributed by atoms with van der Waals surface area (Å²) in [6.45, 7) is 13.0. The first-order valence-corrected chi connectivity index (χ1v) is 7.50. The van der Waals surface area contributed by atoms with Crippen LogP contribution in [0.25, 0.3) is 22.6 Å². The van der Waals surface area contributed by atoms with Crippen LogP contribution in [-0.4, -0.2) is 13.2 Å². The van der Waals surface area contributed by atoms with Crippen molar-refractivity contribution < 1.29 is 9.47 Å². The third kappa shape index (κ3) is 3.79. The van der Waals surface area contributed by atoms with Gasteiger partial charge in [0.15, 0.2) is 0 Å². The smallest absolute Gasteiger partial charge is 0.119 e. The predicted octanol–water partition coefficient (Wildman–Crippen LogP) is 5.37. The van der Waals surface area contributed by atoms with E-state index in [2.05, 4.69) is 37.4 Å². The molecule has 0 atom stereocenters. The summed E-state index contributed by atoms with van der Waals surface area (Å²) in [5.74, 6) is 1.41. The van der Waals surface area contributed by atoms with Gasteiger partial charge in [0.05, 0.1) is 13.2 Å². The highest BCUT2D eigenvalue weighted by Crippen LogP contribution is 2.24. The minimum Gasteiger partial charge on any atom is -0.494 e. The van der Waals surface area contributed by atoms with Crippen LogP contribution in [0, 0.1) is 0 Å². The van der Waals surface area contributed by atoms with Gasteiger partial charge in [0.1, 0.15) is 11.5 Å². The van der Waals surface area contributed by atoms with Gasteiger partial charge in [-0.25, -0.2) is 0 Å². The van der Waals surface area contributed by atoms with Crippen LogP contribution in [0.1, 0.15) is 25.0 Å². The summed E-state index contributed by atoms with van der Waals surface area (Å²) >= 11 is 0. The van der Waals surface area contributed by atoms with E-state index in [1.54, 1.807) is 0 Å². The van der Waals surface area contributed by atoms with Crippen molar-refractivity contribution in [3.05, 3.63) is 72.8 Å². The van der Waals surface area contributed by atoms with Crippen molar-refractivity contribution in [1.82, 2.24) is 0 Å². The molecule has 2 aromatic carbocycles. The zero-order valence-corrected chi connectivity index (χ0v) is 13.3. The Morgan fingerprint density at radius 2 is 1.00 bits per heavy atom. The Balaban J connectivity index is 2.15. The van der Waals surface area contributed by atoms with E-state index in [-0.39, 0.29) is 0 Å². The fraction of sp³-hybridized carbons (Fsp3) is 0.200. The third-order valence-corrected chi connectivity index (χ3v) is 3.38. The van der Waals surface area contributed by atoms with Crippen molar-refractivity contribution in [2.24, 2.45) is 0 Å². The van der Waals surface area contributed by atoms with Gasteiger partial charge < -0.3 is 9.47 Å². The van der Waals surface area contributed by atoms with Gasteiger partial charge in [0.2, 0.25) is 0 Å². The Morgan fingerprint density at radius 1 is 0.682 bits per heavy atom. The molecular weight excluding hydrogens is 272 g/mol. The quantitative estimate of drug-likeness (QED) is 0.639. The van der Waals surface area contributed by atoms with Gasteiger partial charge in [0.25, 0.3) is 0 Å². The molecule has 114 valence electrons. The molecule has 0 aromatic heterocycles. The molecule has 0 heterocycles. The zero-order valence-electron chi connectivity index (χ0n) is 13.3. The molecule has 22 heavy (non-hydrogen) atoms. The van der Waals surface area contributed by atoms with Gasteiger partial charge in [-0.15, -0.1) is 0 Å². The SMILES string of the molecule is C=C(OCC)c1ccc(-c2ccc(C(=C)OCC)cc2)cc1. The van der Waals surface area contributed by atoms with E-state index in [0.717, 1.165) is 22.3 Å². The molecule has 2 nitrogen and oxygen atoms in total. The maximum absolute atomic E-state index is 5.42. The molecule has 2 rings (SSSR count). The van der Waals surface area contributed by atoms with E-state index >= 15 is 0 Å². The highest BCUT2D eigenvalue weighted by atomic mass is 16.5. The van der Waals surface area contributed by atoms with Gasteiger partial charge in [-0.3, -0.25) is 0 Å². The van der Waals surface area contributed by atoms with Crippen molar-refractivity contribution in [1.29, 1.82) is 0 Å². The normalized spacial score (nSPS) is 10.1. The largest absolute Gasteiger partial charge is 0.494 e. The number of benzene rings is 2. The second-order valence-corrected chi connectivity index (χ2v) is 4.87. The standard InChI is InChI=1S/C20H22O2/c1-5-21-15(3)17-7-11-19(12-8-17)20-13-9-18(10-14-20)16(4)22-6-2/h7-14H,3-6H2,1-2H3. The van der Waals surface area contributed by atoms with Crippen LogP contribution in [0.2, 0.25) is 0 Å². The van der Waals surface area contributed by atoms with Crippen molar-refractivity contribution in [3.63, 3.8) is 0 Å². The molecular formula is C20H22O2. The highest BCUT2D eigenvalue weighted by Gasteiger charge is 2.03. The lowest BCUT2D eigenvalue weighted by Gasteiger charge is -2.09. The molecule has 0 saturated carbocycles. The molecule has 0 amide bonds. The molecule has 0 saturated heterocycles. The van der Waals surface area contributed by atoms with Crippen LogP contribution in [-0.2, 0) is 9.47 Å². The van der Waals surface area contributed by atoms with Crippen molar-refractivity contribution in [3.8, 4) is 11.1 Å². The monoisotopic (exact) mass is 294 g/mol. The van der Waals surface area contributed by atoms with Gasteiger partial charge in [-0.1, -0.05) is 61.7 Å². The van der Waals surface area contributed by atoms with E-state index in [0.29, 0.717) is 24.7 Å². The lowest BCUT2D eigenvalue weighted by molar-refractivity contribution is 0.299. The lowest BCUT2D eigenvalue weighted by Crippen LogP contribution is -1.91. The zero-order chi connectivity index (χ0) is 15.9. The molecule has 0 bridgehead atoms. The molecule has 0 spiro atoms. The minimum atomic E-state index is 0.631. The minimum absolute atomic E-state index is 0.631. The molecule has 0 N–H and O–H groups in total. The summed E-state index contributed by atoms with van der Waals surface area (Å²) < 4.78 is 10.8. The summed E-state index contributed by atoms with van der Waals surface area (Å²) in [4.78, 5) is 0. The van der Waals surface area contributed by atoms with Crippen LogP contribution in [0.3, 0.4) is 0 Å². The van der Waals surface area contributed by atoms with E-state index < -0.39 is 0 Å².